The first-order valence-corrected chi connectivity index (χ1v) is 11.4. The Kier molecular flexibility index (Phi) is 7.18. The van der Waals surface area contributed by atoms with E-state index in [1.807, 2.05) is 59.9 Å². The fraction of sp³-hybridized carbons (Fsp3) is 0.409. The summed E-state index contributed by atoms with van der Waals surface area (Å²) in [6.07, 6.45) is 2.03. The number of carbonyl (C=O) groups excluding carboxylic acids is 1. The Morgan fingerprint density at radius 1 is 1.00 bits per heavy atom. The van der Waals surface area contributed by atoms with Crippen LogP contribution in [-0.4, -0.2) is 31.6 Å². The summed E-state index contributed by atoms with van der Waals surface area (Å²) in [6, 6.07) is 16.3. The molecule has 1 heterocycles. The number of benzene rings is 2. The second-order valence-electron chi connectivity index (χ2n) is 6.76. The first-order valence-electron chi connectivity index (χ1n) is 9.40. The molecular weight excluding hydrogens is 390 g/mol. The van der Waals surface area contributed by atoms with Gasteiger partial charge in [-0.25, -0.2) is 0 Å². The molecule has 0 aliphatic carbocycles. The molecule has 4 nitrogen and oxygen atoms in total. The quantitative estimate of drug-likeness (QED) is 0.687. The summed E-state index contributed by atoms with van der Waals surface area (Å²) in [7, 11) is 3.35. The molecule has 0 saturated carbocycles. The van der Waals surface area contributed by atoms with Gasteiger partial charge in [0.15, 0.2) is 0 Å². The highest BCUT2D eigenvalue weighted by Crippen LogP contribution is 2.55. The minimum absolute atomic E-state index is 0.0171. The third-order valence-corrected chi connectivity index (χ3v) is 8.29. The van der Waals surface area contributed by atoms with Crippen molar-refractivity contribution < 1.29 is 14.3 Å². The van der Waals surface area contributed by atoms with Crippen LogP contribution >= 0.6 is 23.5 Å². The molecule has 6 heteroatoms. The van der Waals surface area contributed by atoms with Crippen LogP contribution in [0.4, 0.5) is 0 Å². The Balaban J connectivity index is 1.93. The van der Waals surface area contributed by atoms with E-state index in [-0.39, 0.29) is 16.0 Å². The number of methoxy groups -OCH3 is 2. The highest BCUT2D eigenvalue weighted by molar-refractivity contribution is 8.18. The molecule has 1 atom stereocenters. The predicted octanol–water partition coefficient (Wildman–Crippen LogP) is 4.99. The zero-order valence-corrected chi connectivity index (χ0v) is 18.2. The molecule has 1 amide bonds. The summed E-state index contributed by atoms with van der Waals surface area (Å²) < 4.78 is 10.5. The second kappa shape index (κ2) is 9.61. The first kappa shape index (κ1) is 20.9. The number of thioether (sulfide) groups is 2. The van der Waals surface area contributed by atoms with Gasteiger partial charge in [0.05, 0.1) is 24.3 Å². The van der Waals surface area contributed by atoms with Gasteiger partial charge in [0.25, 0.3) is 0 Å². The highest BCUT2D eigenvalue weighted by Gasteiger charge is 2.38. The van der Waals surface area contributed by atoms with Gasteiger partial charge < -0.3 is 14.8 Å². The SMILES string of the molecule is COc1ccc(C(CC2(c3ccc(OC)cc3)SCCCS2)NC(C)=O)cc1. The number of rotatable bonds is 7. The number of nitrogens with one attached hydrogen (secondary N) is 1. The number of hydrogen-bond acceptors (Lipinski definition) is 5. The number of hydrogen-bond donors (Lipinski definition) is 1. The van der Waals surface area contributed by atoms with Crippen molar-refractivity contribution in [2.24, 2.45) is 0 Å². The van der Waals surface area contributed by atoms with Gasteiger partial charge in [-0.3, -0.25) is 4.79 Å². The Labute approximate surface area is 175 Å². The molecular formula is C22H27NO3S2. The van der Waals surface area contributed by atoms with Crippen LogP contribution in [0.15, 0.2) is 48.5 Å². The molecule has 150 valence electrons. The van der Waals surface area contributed by atoms with Crippen molar-refractivity contribution in [3.05, 3.63) is 59.7 Å². The lowest BCUT2D eigenvalue weighted by molar-refractivity contribution is -0.119. The molecule has 0 spiro atoms. The van der Waals surface area contributed by atoms with Gasteiger partial charge in [-0.2, -0.15) is 0 Å². The summed E-state index contributed by atoms with van der Waals surface area (Å²) in [5.74, 6) is 3.90. The minimum atomic E-state index is -0.0996. The molecule has 1 unspecified atom stereocenters. The number of carbonyl (C=O) groups is 1. The zero-order valence-electron chi connectivity index (χ0n) is 16.6. The van der Waals surface area contributed by atoms with E-state index in [1.165, 1.54) is 12.0 Å². The first-order chi connectivity index (χ1) is 13.6. The topological polar surface area (TPSA) is 47.6 Å². The number of amides is 1. The molecule has 2 aromatic carbocycles. The lowest BCUT2D eigenvalue weighted by Crippen LogP contribution is -2.33. The molecule has 0 bridgehead atoms. The van der Waals surface area contributed by atoms with Gasteiger partial charge in [0.1, 0.15) is 11.5 Å². The molecule has 0 aromatic heterocycles. The summed E-state index contributed by atoms with van der Waals surface area (Å²) in [6.45, 7) is 1.58. The van der Waals surface area contributed by atoms with E-state index in [0.717, 1.165) is 35.0 Å². The van der Waals surface area contributed by atoms with Gasteiger partial charge in [0, 0.05) is 6.92 Å². The van der Waals surface area contributed by atoms with Crippen molar-refractivity contribution in [1.29, 1.82) is 0 Å². The molecule has 1 aliphatic rings. The van der Waals surface area contributed by atoms with Gasteiger partial charge in [0.2, 0.25) is 5.91 Å². The van der Waals surface area contributed by atoms with Crippen LogP contribution in [0.2, 0.25) is 0 Å². The van der Waals surface area contributed by atoms with E-state index in [1.54, 1.807) is 21.1 Å². The van der Waals surface area contributed by atoms with E-state index >= 15 is 0 Å². The maximum absolute atomic E-state index is 12.0. The van der Waals surface area contributed by atoms with Crippen LogP contribution in [0.5, 0.6) is 11.5 Å². The fourth-order valence-electron chi connectivity index (χ4n) is 3.42. The van der Waals surface area contributed by atoms with E-state index in [4.69, 9.17) is 9.47 Å². The average Bonchev–Trinajstić information content (AvgIpc) is 2.74. The summed E-state index contributed by atoms with van der Waals surface area (Å²) in [5.41, 5.74) is 2.36. The standard InChI is InChI=1S/C22H27NO3S2/c1-16(24)23-21(17-5-9-19(25-2)10-6-17)15-22(27-13-4-14-28-22)18-7-11-20(26-3)12-8-18/h5-12,21H,4,13-15H2,1-3H3,(H,23,24). The Morgan fingerprint density at radius 3 is 2.04 bits per heavy atom. The molecule has 1 aliphatic heterocycles. The van der Waals surface area contributed by atoms with Gasteiger partial charge >= 0.3 is 0 Å². The molecule has 3 rings (SSSR count). The van der Waals surface area contributed by atoms with Gasteiger partial charge in [-0.05, 0) is 59.7 Å². The van der Waals surface area contributed by atoms with Crippen LogP contribution in [-0.2, 0) is 8.87 Å². The van der Waals surface area contributed by atoms with Crippen LogP contribution in [0.1, 0.15) is 36.9 Å². The molecule has 2 aromatic rings. The van der Waals surface area contributed by atoms with Crippen LogP contribution < -0.4 is 14.8 Å². The maximum atomic E-state index is 12.0. The van der Waals surface area contributed by atoms with Crippen molar-refractivity contribution in [2.45, 2.75) is 29.9 Å². The number of ether oxygens (including phenoxy) is 2. The highest BCUT2D eigenvalue weighted by atomic mass is 32.2. The maximum Gasteiger partial charge on any atom is 0.217 e. The van der Waals surface area contributed by atoms with Crippen LogP contribution in [0, 0.1) is 0 Å². The van der Waals surface area contributed by atoms with Gasteiger partial charge in [-0.1, -0.05) is 24.3 Å². The van der Waals surface area contributed by atoms with Crippen molar-refractivity contribution >= 4 is 29.4 Å². The summed E-state index contributed by atoms with van der Waals surface area (Å²) >= 11 is 3.96. The Morgan fingerprint density at radius 2 is 1.54 bits per heavy atom. The normalized spacial score (nSPS) is 16.8. The van der Waals surface area contributed by atoms with E-state index < -0.39 is 0 Å². The predicted molar refractivity (Wildman–Crippen MR) is 118 cm³/mol. The Hall–Kier alpha value is -1.79. The third kappa shape index (κ3) is 4.97. The third-order valence-electron chi connectivity index (χ3n) is 4.86. The molecule has 1 fully saturated rings. The largest absolute Gasteiger partial charge is 0.497 e. The van der Waals surface area contributed by atoms with Crippen molar-refractivity contribution in [3.8, 4) is 11.5 Å². The fourth-order valence-corrected chi connectivity index (χ4v) is 6.85. The summed E-state index contributed by atoms with van der Waals surface area (Å²) in [4.78, 5) is 12.0. The van der Waals surface area contributed by atoms with Crippen molar-refractivity contribution in [3.63, 3.8) is 0 Å². The molecule has 1 N–H and O–H groups in total. The smallest absolute Gasteiger partial charge is 0.217 e. The summed E-state index contributed by atoms with van der Waals surface area (Å²) in [5, 5.41) is 3.17. The molecule has 0 radical (unpaired) electrons. The van der Waals surface area contributed by atoms with Crippen molar-refractivity contribution in [1.82, 2.24) is 5.32 Å². The van der Waals surface area contributed by atoms with Crippen molar-refractivity contribution in [2.75, 3.05) is 25.7 Å². The lowest BCUT2D eigenvalue weighted by atomic mass is 9.97. The van der Waals surface area contributed by atoms with Crippen LogP contribution in [0.25, 0.3) is 0 Å². The zero-order chi connectivity index (χ0) is 20.0. The second-order valence-corrected chi connectivity index (χ2v) is 9.81. The Bertz CT molecular complexity index is 771. The van der Waals surface area contributed by atoms with Crippen LogP contribution in [0.3, 0.4) is 0 Å². The monoisotopic (exact) mass is 417 g/mol. The molecule has 28 heavy (non-hydrogen) atoms. The van der Waals surface area contributed by atoms with Gasteiger partial charge in [-0.15, -0.1) is 23.5 Å². The van der Waals surface area contributed by atoms with E-state index in [9.17, 15) is 4.79 Å². The minimum Gasteiger partial charge on any atom is -0.497 e. The van der Waals surface area contributed by atoms with E-state index in [2.05, 4.69) is 17.4 Å². The molecule has 1 saturated heterocycles. The lowest BCUT2D eigenvalue weighted by Gasteiger charge is -2.39. The average molecular weight is 418 g/mol. The van der Waals surface area contributed by atoms with E-state index in [0.29, 0.717) is 0 Å².